The van der Waals surface area contributed by atoms with E-state index in [4.69, 9.17) is 0 Å². The molecule has 0 spiro atoms. The topological polar surface area (TPSA) is 66.5 Å². The Kier molecular flexibility index (Phi) is 3.27. The van der Waals surface area contributed by atoms with Crippen LogP contribution < -0.4 is 4.90 Å². The minimum atomic E-state index is -0.561. The molecule has 0 aliphatic carbocycles. The third kappa shape index (κ3) is 2.17. The Labute approximate surface area is 134 Å². The number of hydrogen-bond donors (Lipinski definition) is 1. The van der Waals surface area contributed by atoms with Gasteiger partial charge in [-0.05, 0) is 25.8 Å². The number of aliphatic hydroxyl groups excluding tert-OH is 1. The summed E-state index contributed by atoms with van der Waals surface area (Å²) >= 11 is 0. The molecule has 0 saturated carbocycles. The minimum Gasteiger partial charge on any atom is -0.386 e. The Morgan fingerprint density at radius 2 is 2.00 bits per heavy atom. The number of benzene rings is 1. The summed E-state index contributed by atoms with van der Waals surface area (Å²) in [6.45, 7) is 4.91. The zero-order valence-electron chi connectivity index (χ0n) is 13.2. The van der Waals surface area contributed by atoms with Gasteiger partial charge in [-0.15, -0.1) is 0 Å². The maximum absolute atomic E-state index is 10.8. The molecule has 1 aliphatic rings. The molecule has 0 fully saturated rings. The van der Waals surface area contributed by atoms with Crippen molar-refractivity contribution in [2.24, 2.45) is 0 Å². The van der Waals surface area contributed by atoms with Gasteiger partial charge < -0.3 is 10.0 Å². The van der Waals surface area contributed by atoms with Crippen LogP contribution in [0, 0.1) is 6.92 Å². The van der Waals surface area contributed by atoms with Crippen LogP contribution in [0.3, 0.4) is 0 Å². The summed E-state index contributed by atoms with van der Waals surface area (Å²) in [5, 5.41) is 15.1. The largest absolute Gasteiger partial charge is 0.386 e. The highest BCUT2D eigenvalue weighted by Crippen LogP contribution is 2.34. The Morgan fingerprint density at radius 1 is 1.22 bits per heavy atom. The van der Waals surface area contributed by atoms with Crippen molar-refractivity contribution in [1.82, 2.24) is 19.6 Å². The number of aliphatic hydroxyl groups is 1. The number of fused-ring (bicyclic) bond motifs is 3. The van der Waals surface area contributed by atoms with E-state index in [2.05, 4.69) is 20.0 Å². The number of aromatic nitrogens is 4. The average Bonchev–Trinajstić information content (AvgIpc) is 3.20. The van der Waals surface area contributed by atoms with Crippen LogP contribution in [0.4, 0.5) is 5.82 Å². The molecule has 0 amide bonds. The highest BCUT2D eigenvalue weighted by Gasteiger charge is 2.32. The van der Waals surface area contributed by atoms with Crippen molar-refractivity contribution in [1.29, 1.82) is 0 Å². The van der Waals surface area contributed by atoms with Crippen LogP contribution in [-0.4, -0.2) is 37.3 Å². The van der Waals surface area contributed by atoms with Crippen LogP contribution in [0.5, 0.6) is 0 Å². The lowest BCUT2D eigenvalue weighted by molar-refractivity contribution is 0.149. The lowest BCUT2D eigenvalue weighted by atomic mass is 10.0. The second-order valence-corrected chi connectivity index (χ2v) is 6.01. The fourth-order valence-electron chi connectivity index (χ4n) is 3.39. The predicted molar refractivity (Wildman–Crippen MR) is 87.4 cm³/mol. The third-order valence-corrected chi connectivity index (χ3v) is 4.67. The minimum absolute atomic E-state index is 0.0622. The first-order valence-electron chi connectivity index (χ1n) is 7.85. The van der Waals surface area contributed by atoms with Crippen molar-refractivity contribution in [3.8, 4) is 0 Å². The maximum atomic E-state index is 10.8. The van der Waals surface area contributed by atoms with Gasteiger partial charge in [0.05, 0.1) is 12.1 Å². The van der Waals surface area contributed by atoms with Crippen LogP contribution >= 0.6 is 0 Å². The van der Waals surface area contributed by atoms with Gasteiger partial charge in [-0.25, -0.2) is 4.98 Å². The SMILES string of the molecule is Cc1nc2ncnn2c2c1CCN2C(C)C(O)c1ccccc1. The molecule has 1 aliphatic heterocycles. The normalized spacial score (nSPS) is 16.6. The van der Waals surface area contributed by atoms with E-state index in [1.54, 1.807) is 4.52 Å². The van der Waals surface area contributed by atoms with Gasteiger partial charge in [-0.3, -0.25) is 0 Å². The highest BCUT2D eigenvalue weighted by molar-refractivity contribution is 5.59. The molecule has 1 N–H and O–H groups in total. The Bertz CT molecular complexity index is 845. The molecule has 1 aromatic carbocycles. The van der Waals surface area contributed by atoms with Crippen molar-refractivity contribution in [3.63, 3.8) is 0 Å². The van der Waals surface area contributed by atoms with Crippen molar-refractivity contribution in [2.75, 3.05) is 11.4 Å². The molecule has 2 aromatic heterocycles. The van der Waals surface area contributed by atoms with Crippen molar-refractivity contribution in [3.05, 3.63) is 53.5 Å². The number of rotatable bonds is 3. The van der Waals surface area contributed by atoms with E-state index in [1.807, 2.05) is 44.2 Å². The van der Waals surface area contributed by atoms with Crippen LogP contribution in [0.1, 0.15) is 29.8 Å². The van der Waals surface area contributed by atoms with E-state index in [-0.39, 0.29) is 6.04 Å². The molecule has 118 valence electrons. The summed E-state index contributed by atoms with van der Waals surface area (Å²) < 4.78 is 1.78. The molecular formula is C17H19N5O. The molecule has 6 nitrogen and oxygen atoms in total. The van der Waals surface area contributed by atoms with E-state index >= 15 is 0 Å². The van der Waals surface area contributed by atoms with Gasteiger partial charge in [0.2, 0.25) is 0 Å². The molecule has 3 aromatic rings. The molecule has 0 bridgehead atoms. The zero-order chi connectivity index (χ0) is 16.0. The fourth-order valence-corrected chi connectivity index (χ4v) is 3.39. The number of hydrogen-bond acceptors (Lipinski definition) is 5. The summed E-state index contributed by atoms with van der Waals surface area (Å²) in [4.78, 5) is 10.9. The zero-order valence-corrected chi connectivity index (χ0v) is 13.2. The number of aryl methyl sites for hydroxylation is 1. The molecule has 0 radical (unpaired) electrons. The van der Waals surface area contributed by atoms with Gasteiger partial charge in [0.15, 0.2) is 0 Å². The second-order valence-electron chi connectivity index (χ2n) is 6.01. The molecule has 23 heavy (non-hydrogen) atoms. The van der Waals surface area contributed by atoms with E-state index in [0.717, 1.165) is 30.0 Å². The first kappa shape index (κ1) is 14.1. The summed E-state index contributed by atoms with van der Waals surface area (Å²) in [7, 11) is 0. The summed E-state index contributed by atoms with van der Waals surface area (Å²) in [6, 6.07) is 9.72. The third-order valence-electron chi connectivity index (χ3n) is 4.67. The van der Waals surface area contributed by atoms with Gasteiger partial charge in [-0.2, -0.15) is 14.6 Å². The van der Waals surface area contributed by atoms with Gasteiger partial charge in [0.1, 0.15) is 12.1 Å². The van der Waals surface area contributed by atoms with E-state index in [9.17, 15) is 5.11 Å². The Balaban J connectivity index is 1.76. The van der Waals surface area contributed by atoms with Gasteiger partial charge in [0, 0.05) is 17.8 Å². The lowest BCUT2D eigenvalue weighted by Crippen LogP contribution is -2.37. The van der Waals surface area contributed by atoms with Crippen LogP contribution in [0.15, 0.2) is 36.7 Å². The van der Waals surface area contributed by atoms with E-state index in [1.165, 1.54) is 11.9 Å². The standard InChI is InChI=1S/C17H19N5O/c1-11-14-8-9-21(16(14)22-17(20-11)18-10-19-22)12(2)15(23)13-6-4-3-5-7-13/h3-7,10,12,15,23H,8-9H2,1-2H3. The Morgan fingerprint density at radius 3 is 2.78 bits per heavy atom. The molecule has 2 unspecified atom stereocenters. The molecule has 6 heteroatoms. The number of anilines is 1. The van der Waals surface area contributed by atoms with Crippen LogP contribution in [0.2, 0.25) is 0 Å². The molecule has 2 atom stereocenters. The highest BCUT2D eigenvalue weighted by atomic mass is 16.3. The van der Waals surface area contributed by atoms with E-state index in [0.29, 0.717) is 5.78 Å². The second kappa shape index (κ2) is 5.31. The van der Waals surface area contributed by atoms with Crippen molar-refractivity contribution >= 4 is 11.6 Å². The van der Waals surface area contributed by atoms with Crippen LogP contribution in [-0.2, 0) is 6.42 Å². The van der Waals surface area contributed by atoms with Gasteiger partial charge >= 0.3 is 0 Å². The predicted octanol–water partition coefficient (Wildman–Crippen LogP) is 1.92. The van der Waals surface area contributed by atoms with Gasteiger partial charge in [-0.1, -0.05) is 30.3 Å². The summed E-state index contributed by atoms with van der Waals surface area (Å²) in [5.41, 5.74) is 3.11. The maximum Gasteiger partial charge on any atom is 0.254 e. The fraction of sp³-hybridized carbons (Fsp3) is 0.353. The quantitative estimate of drug-likeness (QED) is 0.800. The molecule has 3 heterocycles. The Hall–Kier alpha value is -2.47. The van der Waals surface area contributed by atoms with Crippen molar-refractivity contribution < 1.29 is 5.11 Å². The summed E-state index contributed by atoms with van der Waals surface area (Å²) in [6.07, 6.45) is 1.88. The molecule has 4 rings (SSSR count). The first-order chi connectivity index (χ1) is 11.2. The summed E-state index contributed by atoms with van der Waals surface area (Å²) in [5.74, 6) is 1.61. The number of nitrogens with zero attached hydrogens (tertiary/aromatic N) is 5. The molecular weight excluding hydrogens is 290 g/mol. The monoisotopic (exact) mass is 309 g/mol. The smallest absolute Gasteiger partial charge is 0.254 e. The van der Waals surface area contributed by atoms with Gasteiger partial charge in [0.25, 0.3) is 5.78 Å². The molecule has 0 saturated heterocycles. The van der Waals surface area contributed by atoms with Crippen LogP contribution in [0.25, 0.3) is 5.78 Å². The first-order valence-corrected chi connectivity index (χ1v) is 7.85. The lowest BCUT2D eigenvalue weighted by Gasteiger charge is -2.31. The average molecular weight is 309 g/mol. The van der Waals surface area contributed by atoms with E-state index < -0.39 is 6.10 Å². The van der Waals surface area contributed by atoms with Crippen molar-refractivity contribution in [2.45, 2.75) is 32.4 Å².